The van der Waals surface area contributed by atoms with E-state index in [1.807, 2.05) is 0 Å². The van der Waals surface area contributed by atoms with Gasteiger partial charge in [-0.15, -0.1) is 0 Å². The third-order valence-corrected chi connectivity index (χ3v) is 4.60. The van der Waals surface area contributed by atoms with Crippen LogP contribution in [0.5, 0.6) is 0 Å². The lowest BCUT2D eigenvalue weighted by molar-refractivity contribution is -0.144. The molecule has 0 aromatic carbocycles. The molecule has 0 aromatic rings. The molecule has 0 spiro atoms. The lowest BCUT2D eigenvalue weighted by Crippen LogP contribution is -2.19. The average molecular weight is 262 g/mol. The van der Waals surface area contributed by atoms with Crippen molar-refractivity contribution in [2.45, 2.75) is 32.1 Å². The minimum absolute atomic E-state index is 0.252. The summed E-state index contributed by atoms with van der Waals surface area (Å²) < 4.78 is 34.1. The van der Waals surface area contributed by atoms with E-state index in [4.69, 9.17) is 9.29 Å². The van der Waals surface area contributed by atoms with E-state index in [-0.39, 0.29) is 12.6 Å². The highest BCUT2D eigenvalue weighted by molar-refractivity contribution is 7.85. The monoisotopic (exact) mass is 262 g/mol. The highest BCUT2D eigenvalue weighted by atomic mass is 32.2. The van der Waals surface area contributed by atoms with Gasteiger partial charge in [0.1, 0.15) is 12.4 Å². The van der Waals surface area contributed by atoms with Gasteiger partial charge in [-0.1, -0.05) is 6.42 Å². The van der Waals surface area contributed by atoms with Crippen molar-refractivity contribution >= 4 is 16.1 Å². The van der Waals surface area contributed by atoms with E-state index < -0.39 is 15.9 Å². The minimum Gasteiger partial charge on any atom is -0.464 e. The van der Waals surface area contributed by atoms with Gasteiger partial charge in [0.15, 0.2) is 0 Å². The van der Waals surface area contributed by atoms with Gasteiger partial charge in [0.2, 0.25) is 0 Å². The first kappa shape index (κ1) is 12.8. The second-order valence-electron chi connectivity index (χ2n) is 5.15. The summed E-state index contributed by atoms with van der Waals surface area (Å²) in [6.07, 6.45) is 5.25. The fourth-order valence-corrected chi connectivity index (χ4v) is 3.45. The molecule has 5 nitrogen and oxygen atoms in total. The second-order valence-corrected chi connectivity index (χ2v) is 6.72. The molecule has 2 aliphatic carbocycles. The van der Waals surface area contributed by atoms with E-state index in [0.717, 1.165) is 12.3 Å². The van der Waals surface area contributed by atoms with Crippen LogP contribution in [0.1, 0.15) is 32.1 Å². The number of fused-ring (bicyclic) bond motifs is 2. The molecular formula is C11H18O5S. The highest BCUT2D eigenvalue weighted by Gasteiger charge is 2.40. The third kappa shape index (κ3) is 3.67. The van der Waals surface area contributed by atoms with Crippen LogP contribution < -0.4 is 0 Å². The van der Waals surface area contributed by atoms with Gasteiger partial charge in [-0.2, -0.15) is 8.42 Å². The third-order valence-electron chi connectivity index (χ3n) is 3.92. The van der Waals surface area contributed by atoms with E-state index in [1.54, 1.807) is 0 Å². The van der Waals surface area contributed by atoms with Crippen molar-refractivity contribution in [2.24, 2.45) is 17.8 Å². The quantitative estimate of drug-likeness (QED) is 0.595. The van der Waals surface area contributed by atoms with Crippen LogP contribution in [0.25, 0.3) is 0 Å². The summed E-state index contributed by atoms with van der Waals surface area (Å²) >= 11 is 0. The fourth-order valence-electron chi connectivity index (χ4n) is 3.16. The molecule has 2 bridgehead atoms. The van der Waals surface area contributed by atoms with Gasteiger partial charge in [-0.3, -0.25) is 9.35 Å². The molecule has 6 heteroatoms. The normalized spacial score (nSPS) is 31.7. The summed E-state index contributed by atoms with van der Waals surface area (Å²) in [7, 11) is -4.03. The fraction of sp³-hybridized carbons (Fsp3) is 0.909. The van der Waals surface area contributed by atoms with Crippen LogP contribution in [0.4, 0.5) is 0 Å². The highest BCUT2D eigenvalue weighted by Crippen LogP contribution is 2.49. The second kappa shape index (κ2) is 4.94. The number of hydrogen-bond donors (Lipinski definition) is 1. The van der Waals surface area contributed by atoms with Crippen LogP contribution in [-0.2, 0) is 19.6 Å². The first-order valence-corrected chi connectivity index (χ1v) is 7.66. The van der Waals surface area contributed by atoms with Crippen molar-refractivity contribution in [1.29, 1.82) is 0 Å². The molecule has 98 valence electrons. The van der Waals surface area contributed by atoms with E-state index >= 15 is 0 Å². The summed E-state index contributed by atoms with van der Waals surface area (Å²) in [5, 5.41) is 0. The van der Waals surface area contributed by atoms with Crippen LogP contribution in [0, 0.1) is 17.8 Å². The largest absolute Gasteiger partial charge is 0.464 e. The molecule has 0 heterocycles. The smallest absolute Gasteiger partial charge is 0.306 e. The van der Waals surface area contributed by atoms with Crippen LogP contribution >= 0.6 is 0 Å². The Labute approximate surface area is 101 Å². The van der Waals surface area contributed by atoms with Gasteiger partial charge in [-0.05, 0) is 37.0 Å². The molecule has 0 aliphatic heterocycles. The molecule has 0 amide bonds. The molecule has 0 aromatic heterocycles. The lowest BCUT2D eigenvalue weighted by atomic mass is 9.86. The standard InChI is InChI=1S/C11H18O5S/c12-11(16-3-4-17(13,14)15)7-10-6-8-1-2-9(10)5-8/h8-10H,1-7H2,(H,13,14,15). The molecule has 2 fully saturated rings. The Bertz CT molecular complexity index is 389. The lowest BCUT2D eigenvalue weighted by Gasteiger charge is -2.20. The number of ether oxygens (including phenoxy) is 1. The Morgan fingerprint density at radius 2 is 2.06 bits per heavy atom. The zero-order chi connectivity index (χ0) is 12.5. The van der Waals surface area contributed by atoms with Crippen molar-refractivity contribution < 1.29 is 22.5 Å². The first-order valence-electron chi connectivity index (χ1n) is 6.05. The van der Waals surface area contributed by atoms with Gasteiger partial charge >= 0.3 is 5.97 Å². The number of carbonyl (C=O) groups excluding carboxylic acids is 1. The Morgan fingerprint density at radius 1 is 1.29 bits per heavy atom. The molecule has 3 atom stereocenters. The van der Waals surface area contributed by atoms with Gasteiger partial charge in [0.25, 0.3) is 10.1 Å². The average Bonchev–Trinajstić information content (AvgIpc) is 2.76. The predicted octanol–water partition coefficient (Wildman–Crippen LogP) is 1.24. The summed E-state index contributed by atoms with van der Waals surface area (Å²) in [6, 6.07) is 0. The number of rotatable bonds is 5. The Hall–Kier alpha value is -0.620. The van der Waals surface area contributed by atoms with Gasteiger partial charge in [0.05, 0.1) is 0 Å². The van der Waals surface area contributed by atoms with Gasteiger partial charge < -0.3 is 4.74 Å². The van der Waals surface area contributed by atoms with Crippen molar-refractivity contribution in [3.8, 4) is 0 Å². The summed E-state index contributed by atoms with van der Waals surface area (Å²) in [4.78, 5) is 11.5. The molecule has 3 unspecified atom stereocenters. The van der Waals surface area contributed by atoms with E-state index in [2.05, 4.69) is 0 Å². The van der Waals surface area contributed by atoms with Crippen molar-refractivity contribution in [3.63, 3.8) is 0 Å². The summed E-state index contributed by atoms with van der Waals surface area (Å²) in [6.45, 7) is -0.252. The Morgan fingerprint density at radius 3 is 2.59 bits per heavy atom. The molecule has 2 saturated carbocycles. The van der Waals surface area contributed by atoms with Gasteiger partial charge in [0, 0.05) is 6.42 Å². The van der Waals surface area contributed by atoms with Crippen LogP contribution in [-0.4, -0.2) is 31.3 Å². The summed E-state index contributed by atoms with van der Waals surface area (Å²) in [5.41, 5.74) is 0. The van der Waals surface area contributed by atoms with Crippen LogP contribution in [0.15, 0.2) is 0 Å². The van der Waals surface area contributed by atoms with E-state index in [0.29, 0.717) is 18.3 Å². The van der Waals surface area contributed by atoms with Crippen molar-refractivity contribution in [2.75, 3.05) is 12.4 Å². The molecule has 17 heavy (non-hydrogen) atoms. The van der Waals surface area contributed by atoms with Crippen LogP contribution in [0.2, 0.25) is 0 Å². The van der Waals surface area contributed by atoms with Gasteiger partial charge in [-0.25, -0.2) is 0 Å². The van der Waals surface area contributed by atoms with E-state index in [9.17, 15) is 13.2 Å². The Balaban J connectivity index is 1.68. The SMILES string of the molecule is O=C(CC1CC2CCC1C2)OCCS(=O)(=O)O. The maximum absolute atomic E-state index is 11.5. The first-order chi connectivity index (χ1) is 7.94. The molecule has 0 saturated heterocycles. The van der Waals surface area contributed by atoms with E-state index in [1.165, 1.54) is 19.3 Å². The predicted molar refractivity (Wildman–Crippen MR) is 60.9 cm³/mol. The van der Waals surface area contributed by atoms with Crippen molar-refractivity contribution in [3.05, 3.63) is 0 Å². The topological polar surface area (TPSA) is 80.7 Å². The number of hydrogen-bond acceptors (Lipinski definition) is 4. The molecule has 0 radical (unpaired) electrons. The zero-order valence-corrected chi connectivity index (χ0v) is 10.5. The molecule has 2 rings (SSSR count). The molecule has 1 N–H and O–H groups in total. The maximum Gasteiger partial charge on any atom is 0.306 e. The minimum atomic E-state index is -4.03. The zero-order valence-electron chi connectivity index (χ0n) is 9.67. The number of esters is 1. The summed E-state index contributed by atoms with van der Waals surface area (Å²) in [5.74, 6) is 1.01. The Kier molecular flexibility index (Phi) is 3.73. The molecule has 2 aliphatic rings. The number of carbonyl (C=O) groups is 1. The molecular weight excluding hydrogens is 244 g/mol. The van der Waals surface area contributed by atoms with Crippen molar-refractivity contribution in [1.82, 2.24) is 0 Å². The maximum atomic E-state index is 11.5. The van der Waals surface area contributed by atoms with Crippen LogP contribution in [0.3, 0.4) is 0 Å².